The molecule has 0 saturated carbocycles. The van der Waals surface area contributed by atoms with Crippen molar-refractivity contribution in [3.63, 3.8) is 0 Å². The van der Waals surface area contributed by atoms with E-state index < -0.39 is 0 Å². The Labute approximate surface area is 146 Å². The number of phenolic OH excluding ortho intramolecular Hbond substituents is 1. The summed E-state index contributed by atoms with van der Waals surface area (Å²) >= 11 is 0. The van der Waals surface area contributed by atoms with Crippen LogP contribution < -0.4 is 9.47 Å². The van der Waals surface area contributed by atoms with Crippen LogP contribution in [0.5, 0.6) is 17.2 Å². The fourth-order valence-electron chi connectivity index (χ4n) is 2.63. The van der Waals surface area contributed by atoms with E-state index in [0.717, 1.165) is 19.3 Å². The van der Waals surface area contributed by atoms with Gasteiger partial charge in [-0.05, 0) is 19.8 Å². The molecule has 0 aliphatic carbocycles. The molecule has 1 rings (SSSR count). The van der Waals surface area contributed by atoms with E-state index in [-0.39, 0.29) is 17.1 Å². The molecule has 0 heterocycles. The molecule has 0 aliphatic rings. The van der Waals surface area contributed by atoms with Crippen molar-refractivity contribution >= 4 is 5.78 Å². The van der Waals surface area contributed by atoms with Crippen LogP contribution in [0.25, 0.3) is 0 Å². The summed E-state index contributed by atoms with van der Waals surface area (Å²) < 4.78 is 11.3. The van der Waals surface area contributed by atoms with Crippen LogP contribution in [0.15, 0.2) is 12.1 Å². The minimum atomic E-state index is -0.0964. The highest BCUT2D eigenvalue weighted by atomic mass is 16.5. The quantitative estimate of drug-likeness (QED) is 0.381. The minimum absolute atomic E-state index is 0.0580. The van der Waals surface area contributed by atoms with Crippen molar-refractivity contribution < 1.29 is 19.4 Å². The van der Waals surface area contributed by atoms with Crippen LogP contribution in [0.2, 0.25) is 0 Å². The number of carbonyl (C=O) groups excluding carboxylic acids is 1. The standard InChI is InChI=1S/C20H32O4/c1-4-7-8-9-10-11-13-24-16-14-18(22)20(17(21)12-5-2)19(15-16)23-6-3/h14-15,22H,4-13H2,1-3H3. The number of hydrogen-bond donors (Lipinski definition) is 1. The first kappa shape index (κ1) is 20.3. The molecule has 136 valence electrons. The van der Waals surface area contributed by atoms with Gasteiger partial charge >= 0.3 is 0 Å². The largest absolute Gasteiger partial charge is 0.507 e. The summed E-state index contributed by atoms with van der Waals surface area (Å²) in [5.74, 6) is 0.810. The molecule has 24 heavy (non-hydrogen) atoms. The Morgan fingerprint density at radius 3 is 2.33 bits per heavy atom. The van der Waals surface area contributed by atoms with E-state index in [4.69, 9.17) is 9.47 Å². The molecule has 1 N–H and O–H groups in total. The van der Waals surface area contributed by atoms with Crippen molar-refractivity contribution in [3.05, 3.63) is 17.7 Å². The Hall–Kier alpha value is -1.71. The van der Waals surface area contributed by atoms with Gasteiger partial charge in [0.2, 0.25) is 0 Å². The molecule has 0 amide bonds. The molecule has 4 heteroatoms. The Kier molecular flexibility index (Phi) is 9.97. The van der Waals surface area contributed by atoms with E-state index in [0.29, 0.717) is 31.1 Å². The predicted molar refractivity (Wildman–Crippen MR) is 97.4 cm³/mol. The van der Waals surface area contributed by atoms with Gasteiger partial charge in [-0.2, -0.15) is 0 Å². The number of unbranched alkanes of at least 4 members (excludes halogenated alkanes) is 5. The lowest BCUT2D eigenvalue weighted by atomic mass is 10.0. The normalized spacial score (nSPS) is 10.6. The SMILES string of the molecule is CCCCCCCCOc1cc(O)c(C(=O)CCC)c(OCC)c1. The van der Waals surface area contributed by atoms with Gasteiger partial charge in [-0.1, -0.05) is 46.0 Å². The van der Waals surface area contributed by atoms with Gasteiger partial charge in [-0.15, -0.1) is 0 Å². The Balaban J connectivity index is 2.64. The van der Waals surface area contributed by atoms with Crippen LogP contribution in [0.1, 0.15) is 82.5 Å². The first-order valence-corrected chi connectivity index (χ1v) is 9.29. The maximum atomic E-state index is 12.2. The lowest BCUT2D eigenvalue weighted by molar-refractivity contribution is 0.0975. The number of rotatable bonds is 13. The molecule has 0 aliphatic heterocycles. The molecule has 0 radical (unpaired) electrons. The number of benzene rings is 1. The van der Waals surface area contributed by atoms with Gasteiger partial charge in [0.05, 0.1) is 13.2 Å². The second kappa shape index (κ2) is 11.8. The van der Waals surface area contributed by atoms with Gasteiger partial charge in [-0.3, -0.25) is 4.79 Å². The van der Waals surface area contributed by atoms with Crippen molar-refractivity contribution in [1.29, 1.82) is 0 Å². The molecule has 1 aromatic rings. The third kappa shape index (κ3) is 6.81. The third-order valence-corrected chi connectivity index (χ3v) is 3.88. The minimum Gasteiger partial charge on any atom is -0.507 e. The second-order valence-corrected chi connectivity index (χ2v) is 6.04. The van der Waals surface area contributed by atoms with E-state index in [1.807, 2.05) is 13.8 Å². The lowest BCUT2D eigenvalue weighted by Crippen LogP contribution is -2.05. The summed E-state index contributed by atoms with van der Waals surface area (Å²) in [4.78, 5) is 12.2. The molecule has 0 saturated heterocycles. The average Bonchev–Trinajstić information content (AvgIpc) is 2.54. The summed E-state index contributed by atoms with van der Waals surface area (Å²) in [7, 11) is 0. The summed E-state index contributed by atoms with van der Waals surface area (Å²) in [6, 6.07) is 3.23. The zero-order chi connectivity index (χ0) is 17.8. The van der Waals surface area contributed by atoms with Gasteiger partial charge < -0.3 is 14.6 Å². The highest BCUT2D eigenvalue weighted by Gasteiger charge is 2.19. The fraction of sp³-hybridized carbons (Fsp3) is 0.650. The van der Waals surface area contributed by atoms with E-state index in [2.05, 4.69) is 6.92 Å². The number of hydrogen-bond acceptors (Lipinski definition) is 4. The molecule has 0 atom stereocenters. The van der Waals surface area contributed by atoms with Crippen molar-refractivity contribution in [2.45, 2.75) is 72.1 Å². The number of Topliss-reactive ketones (excluding diaryl/α,β-unsaturated/α-hetero) is 1. The van der Waals surface area contributed by atoms with Crippen LogP contribution in [0, 0.1) is 0 Å². The molecular formula is C20H32O4. The number of phenols is 1. The zero-order valence-corrected chi connectivity index (χ0v) is 15.4. The summed E-state index contributed by atoms with van der Waals surface area (Å²) in [5.41, 5.74) is 0.269. The van der Waals surface area contributed by atoms with E-state index >= 15 is 0 Å². The van der Waals surface area contributed by atoms with Crippen LogP contribution in [-0.2, 0) is 0 Å². The van der Waals surface area contributed by atoms with Crippen LogP contribution in [0.3, 0.4) is 0 Å². The molecule has 0 aromatic heterocycles. The van der Waals surface area contributed by atoms with E-state index in [1.54, 1.807) is 6.07 Å². The molecule has 0 bridgehead atoms. The Morgan fingerprint density at radius 2 is 1.67 bits per heavy atom. The summed E-state index contributed by atoms with van der Waals surface area (Å²) in [5, 5.41) is 10.2. The third-order valence-electron chi connectivity index (χ3n) is 3.88. The predicted octanol–water partition coefficient (Wildman–Crippen LogP) is 5.51. The maximum Gasteiger partial charge on any atom is 0.170 e. The maximum absolute atomic E-state index is 12.2. The van der Waals surface area contributed by atoms with Crippen molar-refractivity contribution in [1.82, 2.24) is 0 Å². The lowest BCUT2D eigenvalue weighted by Gasteiger charge is -2.14. The highest BCUT2D eigenvalue weighted by molar-refractivity contribution is 6.01. The monoisotopic (exact) mass is 336 g/mol. The van der Waals surface area contributed by atoms with Crippen LogP contribution >= 0.6 is 0 Å². The summed E-state index contributed by atoms with van der Waals surface area (Å²) in [6.45, 7) is 7.05. The molecule has 1 aromatic carbocycles. The average molecular weight is 336 g/mol. The number of aromatic hydroxyl groups is 1. The van der Waals surface area contributed by atoms with Crippen molar-refractivity contribution in [2.24, 2.45) is 0 Å². The Bertz CT molecular complexity index is 497. The summed E-state index contributed by atoms with van der Waals surface area (Å²) in [6.07, 6.45) is 8.32. The number of ether oxygens (including phenoxy) is 2. The zero-order valence-electron chi connectivity index (χ0n) is 15.4. The van der Waals surface area contributed by atoms with E-state index in [9.17, 15) is 9.90 Å². The van der Waals surface area contributed by atoms with Gasteiger partial charge in [0, 0.05) is 18.6 Å². The van der Waals surface area contributed by atoms with Gasteiger partial charge in [-0.25, -0.2) is 0 Å². The highest BCUT2D eigenvalue weighted by Crippen LogP contribution is 2.34. The second-order valence-electron chi connectivity index (χ2n) is 6.04. The topological polar surface area (TPSA) is 55.8 Å². The van der Waals surface area contributed by atoms with E-state index in [1.165, 1.54) is 31.7 Å². The first-order valence-electron chi connectivity index (χ1n) is 9.29. The van der Waals surface area contributed by atoms with Gasteiger partial charge in [0.15, 0.2) is 5.78 Å². The smallest absolute Gasteiger partial charge is 0.170 e. The van der Waals surface area contributed by atoms with Gasteiger partial charge in [0.1, 0.15) is 22.8 Å². The molecule has 4 nitrogen and oxygen atoms in total. The number of ketones is 1. The van der Waals surface area contributed by atoms with Crippen molar-refractivity contribution in [3.8, 4) is 17.2 Å². The fourth-order valence-corrected chi connectivity index (χ4v) is 2.63. The molecular weight excluding hydrogens is 304 g/mol. The first-order chi connectivity index (χ1) is 11.6. The van der Waals surface area contributed by atoms with Crippen molar-refractivity contribution in [2.75, 3.05) is 13.2 Å². The Morgan fingerprint density at radius 1 is 0.958 bits per heavy atom. The number of carbonyl (C=O) groups is 1. The van der Waals surface area contributed by atoms with Crippen LogP contribution in [0.4, 0.5) is 0 Å². The van der Waals surface area contributed by atoms with Crippen LogP contribution in [-0.4, -0.2) is 24.1 Å². The van der Waals surface area contributed by atoms with Gasteiger partial charge in [0.25, 0.3) is 0 Å². The molecule has 0 fully saturated rings. The molecule has 0 spiro atoms. The molecule has 0 unspecified atom stereocenters.